The normalized spacial score (nSPS) is 13.4. The first kappa shape index (κ1) is 15.4. The molecule has 0 heterocycles. The van der Waals surface area contributed by atoms with Crippen LogP contribution < -0.4 is 5.14 Å². The molecule has 0 aromatic rings. The lowest BCUT2D eigenvalue weighted by Gasteiger charge is -2.13. The molecule has 0 saturated heterocycles. The van der Waals surface area contributed by atoms with Gasteiger partial charge in [0.2, 0.25) is 10.0 Å². The van der Waals surface area contributed by atoms with E-state index in [0.717, 1.165) is 19.3 Å². The van der Waals surface area contributed by atoms with Crippen LogP contribution in [-0.2, 0) is 19.6 Å². The Labute approximate surface area is 97.4 Å². The van der Waals surface area contributed by atoms with Gasteiger partial charge >= 0.3 is 5.97 Å². The van der Waals surface area contributed by atoms with Crippen molar-refractivity contribution in [2.45, 2.75) is 39.0 Å². The molecule has 2 N–H and O–H groups in total. The average molecular weight is 251 g/mol. The average Bonchev–Trinajstić information content (AvgIpc) is 2.20. The van der Waals surface area contributed by atoms with Crippen molar-refractivity contribution < 1.29 is 17.9 Å². The minimum absolute atomic E-state index is 0.168. The second-order valence-electron chi connectivity index (χ2n) is 3.87. The van der Waals surface area contributed by atoms with E-state index < -0.39 is 10.0 Å². The summed E-state index contributed by atoms with van der Waals surface area (Å²) in [6.45, 7) is 2.07. The minimum Gasteiger partial charge on any atom is -0.469 e. The van der Waals surface area contributed by atoms with Gasteiger partial charge in [-0.05, 0) is 12.8 Å². The highest BCUT2D eigenvalue weighted by Crippen LogP contribution is 2.16. The molecule has 0 rings (SSSR count). The summed E-state index contributed by atoms with van der Waals surface area (Å²) in [5.41, 5.74) is 0. The number of nitrogens with two attached hydrogens (primary N) is 1. The second kappa shape index (κ2) is 7.62. The molecule has 0 saturated carbocycles. The van der Waals surface area contributed by atoms with Crippen molar-refractivity contribution in [3.63, 3.8) is 0 Å². The van der Waals surface area contributed by atoms with Crippen LogP contribution in [0.3, 0.4) is 0 Å². The van der Waals surface area contributed by atoms with Crippen molar-refractivity contribution >= 4 is 16.0 Å². The fraction of sp³-hybridized carbons (Fsp3) is 0.900. The topological polar surface area (TPSA) is 86.5 Å². The monoisotopic (exact) mass is 251 g/mol. The number of carbonyl (C=O) groups excluding carboxylic acids is 1. The summed E-state index contributed by atoms with van der Waals surface area (Å²) < 4.78 is 26.2. The summed E-state index contributed by atoms with van der Waals surface area (Å²) in [7, 11) is -2.19. The van der Waals surface area contributed by atoms with Crippen LogP contribution in [0.5, 0.6) is 0 Å². The van der Waals surface area contributed by atoms with E-state index in [2.05, 4.69) is 11.7 Å². The zero-order chi connectivity index (χ0) is 12.6. The van der Waals surface area contributed by atoms with E-state index in [1.54, 1.807) is 0 Å². The van der Waals surface area contributed by atoms with Crippen LogP contribution in [0.1, 0.15) is 39.0 Å². The standard InChI is InChI=1S/C10H21NO4S/c1-3-4-5-6-9(10(12)15-2)7-8-16(11,13)14/h9H,3-8H2,1-2H3,(H2,11,13,14). The Bertz CT molecular complexity index is 300. The molecule has 6 heteroatoms. The van der Waals surface area contributed by atoms with Crippen LogP contribution in [0.25, 0.3) is 0 Å². The van der Waals surface area contributed by atoms with Crippen LogP contribution in [0, 0.1) is 5.92 Å². The van der Waals surface area contributed by atoms with Crippen LogP contribution in [0.4, 0.5) is 0 Å². The third-order valence-electron chi connectivity index (χ3n) is 2.44. The maximum absolute atomic E-state index is 11.4. The van der Waals surface area contributed by atoms with Gasteiger partial charge in [0.15, 0.2) is 0 Å². The van der Waals surface area contributed by atoms with Crippen molar-refractivity contribution in [1.82, 2.24) is 0 Å². The summed E-state index contributed by atoms with van der Waals surface area (Å²) in [6.07, 6.45) is 3.90. The Morgan fingerprint density at radius 1 is 1.31 bits per heavy atom. The maximum Gasteiger partial charge on any atom is 0.308 e. The Hall–Kier alpha value is -0.620. The molecule has 0 aromatic heterocycles. The molecule has 1 atom stereocenters. The molecule has 0 aliphatic heterocycles. The van der Waals surface area contributed by atoms with Crippen molar-refractivity contribution in [2.24, 2.45) is 11.1 Å². The van der Waals surface area contributed by atoms with Crippen molar-refractivity contribution in [3.05, 3.63) is 0 Å². The fourth-order valence-electron chi connectivity index (χ4n) is 1.49. The van der Waals surface area contributed by atoms with E-state index in [-0.39, 0.29) is 24.1 Å². The smallest absolute Gasteiger partial charge is 0.308 e. The summed E-state index contributed by atoms with van der Waals surface area (Å²) in [4.78, 5) is 11.4. The Balaban J connectivity index is 4.16. The summed E-state index contributed by atoms with van der Waals surface area (Å²) in [5.74, 6) is -0.867. The van der Waals surface area contributed by atoms with Crippen molar-refractivity contribution in [1.29, 1.82) is 0 Å². The highest BCUT2D eigenvalue weighted by atomic mass is 32.2. The highest BCUT2D eigenvalue weighted by molar-refractivity contribution is 7.89. The number of unbranched alkanes of at least 4 members (excludes halogenated alkanes) is 2. The van der Waals surface area contributed by atoms with Gasteiger partial charge in [-0.15, -0.1) is 0 Å². The number of ether oxygens (including phenoxy) is 1. The highest BCUT2D eigenvalue weighted by Gasteiger charge is 2.20. The van der Waals surface area contributed by atoms with E-state index in [4.69, 9.17) is 5.14 Å². The van der Waals surface area contributed by atoms with E-state index in [1.165, 1.54) is 7.11 Å². The molecular formula is C10H21NO4S. The van der Waals surface area contributed by atoms with E-state index in [0.29, 0.717) is 6.42 Å². The largest absolute Gasteiger partial charge is 0.469 e. The van der Waals surface area contributed by atoms with Gasteiger partial charge < -0.3 is 4.74 Å². The number of rotatable bonds is 8. The zero-order valence-corrected chi connectivity index (χ0v) is 10.8. The first-order chi connectivity index (χ1) is 7.40. The molecular weight excluding hydrogens is 230 g/mol. The van der Waals surface area contributed by atoms with Crippen molar-refractivity contribution in [2.75, 3.05) is 12.9 Å². The molecule has 0 fully saturated rings. The molecule has 0 spiro atoms. The number of esters is 1. The number of sulfonamides is 1. The quantitative estimate of drug-likeness (QED) is 0.515. The Morgan fingerprint density at radius 3 is 2.38 bits per heavy atom. The number of methoxy groups -OCH3 is 1. The third-order valence-corrected chi connectivity index (χ3v) is 3.25. The molecule has 16 heavy (non-hydrogen) atoms. The third kappa shape index (κ3) is 7.64. The van der Waals surface area contributed by atoms with Gasteiger partial charge in [0.1, 0.15) is 0 Å². The zero-order valence-electron chi connectivity index (χ0n) is 9.94. The molecule has 5 nitrogen and oxygen atoms in total. The van der Waals surface area contributed by atoms with Gasteiger partial charge in [-0.1, -0.05) is 26.2 Å². The van der Waals surface area contributed by atoms with E-state index in [9.17, 15) is 13.2 Å². The molecule has 1 unspecified atom stereocenters. The van der Waals surface area contributed by atoms with Crippen molar-refractivity contribution in [3.8, 4) is 0 Å². The number of hydrogen-bond donors (Lipinski definition) is 1. The molecule has 0 bridgehead atoms. The molecule has 0 aromatic carbocycles. The van der Waals surface area contributed by atoms with Crippen LogP contribution >= 0.6 is 0 Å². The number of primary sulfonamides is 1. The number of carbonyl (C=O) groups is 1. The Kier molecular flexibility index (Phi) is 7.33. The fourth-order valence-corrected chi connectivity index (χ4v) is 2.11. The van der Waals surface area contributed by atoms with Gasteiger partial charge in [0.05, 0.1) is 18.8 Å². The van der Waals surface area contributed by atoms with Gasteiger partial charge in [0.25, 0.3) is 0 Å². The van der Waals surface area contributed by atoms with Gasteiger partial charge in [0, 0.05) is 0 Å². The van der Waals surface area contributed by atoms with Crippen LogP contribution in [-0.4, -0.2) is 27.2 Å². The number of hydrogen-bond acceptors (Lipinski definition) is 4. The molecule has 0 radical (unpaired) electrons. The van der Waals surface area contributed by atoms with Gasteiger partial charge in [-0.3, -0.25) is 4.79 Å². The van der Waals surface area contributed by atoms with Crippen LogP contribution in [0.15, 0.2) is 0 Å². The molecule has 96 valence electrons. The predicted molar refractivity (Wildman–Crippen MR) is 62.2 cm³/mol. The lowest BCUT2D eigenvalue weighted by atomic mass is 9.99. The predicted octanol–water partition coefficient (Wildman–Crippen LogP) is 1.03. The minimum atomic E-state index is -3.50. The van der Waals surface area contributed by atoms with E-state index in [1.807, 2.05) is 0 Å². The summed E-state index contributed by atoms with van der Waals surface area (Å²) >= 11 is 0. The van der Waals surface area contributed by atoms with Crippen LogP contribution in [0.2, 0.25) is 0 Å². The van der Waals surface area contributed by atoms with E-state index >= 15 is 0 Å². The maximum atomic E-state index is 11.4. The van der Waals surface area contributed by atoms with Gasteiger partial charge in [-0.2, -0.15) is 0 Å². The lowest BCUT2D eigenvalue weighted by Crippen LogP contribution is -2.23. The Morgan fingerprint density at radius 2 is 1.94 bits per heavy atom. The summed E-state index contributed by atoms with van der Waals surface area (Å²) in [6, 6.07) is 0. The molecule has 0 aliphatic rings. The second-order valence-corrected chi connectivity index (χ2v) is 5.61. The lowest BCUT2D eigenvalue weighted by molar-refractivity contribution is -0.145. The molecule has 0 amide bonds. The first-order valence-corrected chi connectivity index (χ1v) is 7.20. The van der Waals surface area contributed by atoms with Gasteiger partial charge in [-0.25, -0.2) is 13.6 Å². The first-order valence-electron chi connectivity index (χ1n) is 5.49. The SMILES string of the molecule is CCCCCC(CCS(N)(=O)=O)C(=O)OC. The molecule has 0 aliphatic carbocycles. The summed E-state index contributed by atoms with van der Waals surface area (Å²) in [5, 5.41) is 4.90.